The van der Waals surface area contributed by atoms with Gasteiger partial charge in [-0.15, -0.1) is 15.3 Å². The number of ketones is 6. The summed E-state index contributed by atoms with van der Waals surface area (Å²) < 4.78 is 92.4. The van der Waals surface area contributed by atoms with Gasteiger partial charge < -0.3 is 113 Å². The van der Waals surface area contributed by atoms with Crippen molar-refractivity contribution < 1.29 is 150 Å². The fourth-order valence-corrected chi connectivity index (χ4v) is 19.3. The number of likely N-dealkylation sites (tertiary alicyclic amines) is 1. The minimum atomic E-state index is -4.76. The molecular formula is C107H162N11O31P. The van der Waals surface area contributed by atoms with E-state index in [4.69, 9.17) is 56.8 Å². The molecule has 42 nitrogen and oxygen atoms in total. The summed E-state index contributed by atoms with van der Waals surface area (Å²) in [4.78, 5) is 127. The standard InChI is InChI=1S/C107H162N11O31P/c1-73-98(128)101(131)93(66-115-63-90(109-112-115)76-31-27-43-87(57-76)137-4)147-104(73)143-51-24-21-38-80(119)34-16-13-18-36-83(122)47-54-140-70-107(61-85(124)41-15-11-9-7-8-10-12-20-46-97(127)118-62-86(125)60-79(118)69-146-150(134,135)136,72-142-56-49-96(126)108-50-30-42-82(121)40-23-26-53-145-106-75(3)100(130)103(133)95(149-106)68-117-65-92(111-114-117)78-33-29-45-89(59-78)139-6)71-141-55-48-84(123)37-19-14-17-35-81(120)39-22-25-52-144-105-74(2)99(129)102(132)94(148-105)67-116-64-91(110-113-116)77-32-28-44-88(58-77)138-5/h27-29,31-33,43-45,57-59,63-65,73-75,79,86,93-95,98-106,125,128-133H,7-26,30,34-42,46-56,60-62,66-72H2,1-6H3,(H,108,126)(H2,134,135,136)/t73?,74?,75?,79-,86+,93?,94?,95?,98?,99?,100?,101?,102?,103?,104?,105?,106?,107?/m0/s1. The van der Waals surface area contributed by atoms with Crippen LogP contribution in [-0.4, -0.2) is 328 Å². The number of unbranched alkanes of at least 4 members (excludes halogenated alkanes) is 14. The van der Waals surface area contributed by atoms with E-state index in [0.717, 1.165) is 55.2 Å². The average molecular weight is 2130 g/mol. The van der Waals surface area contributed by atoms with Crippen LogP contribution >= 0.6 is 7.82 Å². The summed E-state index contributed by atoms with van der Waals surface area (Å²) in [5.41, 5.74) is 3.00. The van der Waals surface area contributed by atoms with Crippen LogP contribution in [-0.2, 0) is 110 Å². The first-order chi connectivity index (χ1) is 72.3. The molecule has 0 saturated carbocycles. The number of carbonyl (C=O) groups excluding carboxylic acids is 8. The highest BCUT2D eigenvalue weighted by atomic mass is 31.2. The number of hydrogen-bond donors (Lipinski definition) is 10. The Balaban J connectivity index is 0.666. The maximum Gasteiger partial charge on any atom is 0.469 e. The Hall–Kier alpha value is -9.09. The Morgan fingerprint density at radius 1 is 0.400 bits per heavy atom. The maximum absolute atomic E-state index is 14.4. The molecule has 4 fully saturated rings. The number of phosphoric acid groups is 1. The number of aliphatic hydroxyl groups excluding tert-OH is 7. The van der Waals surface area contributed by atoms with Crippen molar-refractivity contribution in [2.45, 2.75) is 358 Å². The Labute approximate surface area is 878 Å². The summed E-state index contributed by atoms with van der Waals surface area (Å²) in [6.45, 7) is 5.85. The molecule has 0 spiro atoms. The van der Waals surface area contributed by atoms with Crippen LogP contribution in [0.3, 0.4) is 0 Å². The molecule has 15 unspecified atom stereocenters. The quantitative estimate of drug-likeness (QED) is 0.0125. The summed E-state index contributed by atoms with van der Waals surface area (Å²) in [6, 6.07) is 21.5. The zero-order valence-electron chi connectivity index (χ0n) is 88.0. The number of rotatable bonds is 77. The number of aromatic nitrogens is 9. The average Bonchev–Trinajstić information content (AvgIpc) is 1.38. The van der Waals surface area contributed by atoms with Gasteiger partial charge in [0.25, 0.3) is 0 Å². The van der Waals surface area contributed by atoms with Gasteiger partial charge in [-0.05, 0) is 126 Å². The van der Waals surface area contributed by atoms with E-state index in [2.05, 4.69) is 40.8 Å². The van der Waals surface area contributed by atoms with Crippen molar-refractivity contribution in [1.29, 1.82) is 0 Å². The highest BCUT2D eigenvalue weighted by Crippen LogP contribution is 2.39. The SMILES string of the molecule is COc1cccc(-c2cn(CC3OC(OCCCCC(=O)CCCCCC(=O)CCOCC(COCCC(=O)CCCCCC(=O)CCCCOC4OC(Cn5cc(-c6cccc(OC)c6)nn5)C(O)C(O)C4C)(COCCC(=O)NCCCC(=O)CCCCOC4OC(Cn5cc(-c6cccc(OC)c6)nn5)C(O)C(O)C4C)CC(=O)CCCCCCCCCCC(=O)N4C[C@H](O)C[C@H]4COP(=O)(O)O)C(C)C(O)C3O)nn2)c1. The summed E-state index contributed by atoms with van der Waals surface area (Å²) in [7, 11) is -0.0363. The van der Waals surface area contributed by atoms with E-state index in [1.54, 1.807) is 70.1 Å². The topological polar surface area (TPSA) is 563 Å². The second-order valence-corrected chi connectivity index (χ2v) is 41.6. The molecule has 3 aromatic carbocycles. The van der Waals surface area contributed by atoms with Gasteiger partial charge in [-0.2, -0.15) is 0 Å². The first kappa shape index (κ1) is 123. The van der Waals surface area contributed by atoms with E-state index in [1.165, 1.54) is 9.58 Å². The molecular weight excluding hydrogens is 1970 g/mol. The number of phosphoric ester groups is 1. The van der Waals surface area contributed by atoms with Gasteiger partial charge in [0.05, 0.1) is 136 Å². The number of β-amino-alcohol motifs (C(OH)–C–C–N with tert-alkyl or cyclic N) is 1. The van der Waals surface area contributed by atoms with Crippen molar-refractivity contribution in [3.05, 3.63) is 91.4 Å². The predicted molar refractivity (Wildman–Crippen MR) is 547 cm³/mol. The van der Waals surface area contributed by atoms with Crippen LogP contribution in [0.5, 0.6) is 17.2 Å². The number of hydrogen-bond acceptors (Lipinski definition) is 35. The van der Waals surface area contributed by atoms with Crippen molar-refractivity contribution in [3.63, 3.8) is 0 Å². The number of benzene rings is 3. The molecule has 3 aromatic heterocycles. The molecule has 0 bridgehead atoms. The third-order valence-electron chi connectivity index (χ3n) is 28.1. The molecule has 6 aromatic rings. The first-order valence-electron chi connectivity index (χ1n) is 53.6. The summed E-state index contributed by atoms with van der Waals surface area (Å²) >= 11 is 0. The second kappa shape index (κ2) is 65.6. The number of methoxy groups -OCH3 is 3. The van der Waals surface area contributed by atoms with E-state index in [9.17, 15) is 88.5 Å². The van der Waals surface area contributed by atoms with Crippen LogP contribution in [0.4, 0.5) is 0 Å². The Morgan fingerprint density at radius 3 is 1.08 bits per heavy atom. The fraction of sp³-hybridized carbons (Fsp3) is 0.701. The Bertz CT molecular complexity index is 4910. The fourth-order valence-electron chi connectivity index (χ4n) is 19.0. The molecule has 150 heavy (non-hydrogen) atoms. The van der Waals surface area contributed by atoms with Crippen LogP contribution in [0.15, 0.2) is 91.4 Å². The monoisotopic (exact) mass is 2130 g/mol. The highest BCUT2D eigenvalue weighted by molar-refractivity contribution is 7.46. The molecule has 7 heterocycles. The molecule has 4 aliphatic rings. The van der Waals surface area contributed by atoms with Crippen LogP contribution in [0.2, 0.25) is 0 Å². The molecule has 4 aliphatic heterocycles. The lowest BCUT2D eigenvalue weighted by molar-refractivity contribution is -0.280. The van der Waals surface area contributed by atoms with Crippen LogP contribution in [0.25, 0.3) is 33.8 Å². The third-order valence-corrected chi connectivity index (χ3v) is 28.6. The zero-order chi connectivity index (χ0) is 108. The number of nitrogens with zero attached hydrogens (tertiary/aromatic N) is 10. The predicted octanol–water partition coefficient (Wildman–Crippen LogP) is 10.5. The van der Waals surface area contributed by atoms with Crippen molar-refractivity contribution in [2.75, 3.05) is 100 Å². The summed E-state index contributed by atoms with van der Waals surface area (Å²) in [6.07, 6.45) is 8.62. The molecule has 10 rings (SSSR count). The van der Waals surface area contributed by atoms with Gasteiger partial charge >= 0.3 is 7.82 Å². The normalized spacial score (nSPS) is 22.9. The number of ether oxygens (including phenoxy) is 12. The van der Waals surface area contributed by atoms with Gasteiger partial charge in [0.15, 0.2) is 18.9 Å². The third kappa shape index (κ3) is 42.6. The van der Waals surface area contributed by atoms with Crippen molar-refractivity contribution >= 4 is 54.3 Å². The largest absolute Gasteiger partial charge is 0.497 e. The lowest BCUT2D eigenvalue weighted by atomic mass is 9.83. The van der Waals surface area contributed by atoms with Crippen molar-refractivity contribution in [2.24, 2.45) is 23.2 Å². The van der Waals surface area contributed by atoms with E-state index < -0.39 is 117 Å². The zero-order valence-corrected chi connectivity index (χ0v) is 88.9. The Morgan fingerprint density at radius 2 is 0.720 bits per heavy atom. The van der Waals surface area contributed by atoms with Gasteiger partial charge in [0.1, 0.15) is 106 Å². The van der Waals surface area contributed by atoms with E-state index >= 15 is 0 Å². The maximum atomic E-state index is 14.4. The molecule has 0 radical (unpaired) electrons. The second-order valence-electron chi connectivity index (χ2n) is 40.4. The Kier molecular flexibility index (Phi) is 53.7. The molecule has 17 atom stereocenters. The number of aliphatic hydroxyl groups is 7. The van der Waals surface area contributed by atoms with E-state index in [0.29, 0.717) is 156 Å². The van der Waals surface area contributed by atoms with Crippen LogP contribution in [0, 0.1) is 23.2 Å². The van der Waals surface area contributed by atoms with Crippen LogP contribution < -0.4 is 19.5 Å². The van der Waals surface area contributed by atoms with E-state index in [1.807, 2.05) is 72.8 Å². The first-order valence-corrected chi connectivity index (χ1v) is 55.1. The lowest BCUT2D eigenvalue weighted by Gasteiger charge is -2.41. The van der Waals surface area contributed by atoms with Gasteiger partial charge in [-0.3, -0.25) is 42.9 Å². The number of nitrogens with one attached hydrogen (secondary N) is 1. The molecule has 2 amide bonds. The summed E-state index contributed by atoms with van der Waals surface area (Å²) in [5, 5.41) is 105. The van der Waals surface area contributed by atoms with Crippen molar-refractivity contribution in [1.82, 2.24) is 55.2 Å². The molecule has 4 saturated heterocycles. The van der Waals surface area contributed by atoms with Crippen molar-refractivity contribution in [3.8, 4) is 51.0 Å². The molecule has 43 heteroatoms. The molecule has 0 aliphatic carbocycles. The minimum Gasteiger partial charge on any atom is -0.497 e. The van der Waals surface area contributed by atoms with Gasteiger partial charge in [-0.1, -0.05) is 124 Å². The number of Topliss-reactive ketones (excluding diaryl/α,β-unsaturated/α-hetero) is 6. The summed E-state index contributed by atoms with van der Waals surface area (Å²) in [5.74, 6) is -0.234. The van der Waals surface area contributed by atoms with Crippen LogP contribution in [0.1, 0.15) is 252 Å². The smallest absolute Gasteiger partial charge is 0.469 e. The number of carbonyl (C=O) groups is 8. The van der Waals surface area contributed by atoms with Gasteiger partial charge in [0, 0.05) is 163 Å². The lowest BCUT2D eigenvalue weighted by Crippen LogP contribution is -2.55. The minimum absolute atomic E-state index is 0.00353. The number of amides is 2. The molecule has 10 N–H and O–H groups in total. The highest BCUT2D eigenvalue weighted by Gasteiger charge is 2.47. The van der Waals surface area contributed by atoms with Gasteiger partial charge in [-0.25, -0.2) is 18.6 Å². The van der Waals surface area contributed by atoms with Gasteiger partial charge in [0.2, 0.25) is 11.8 Å². The molecule has 836 valence electrons. The van der Waals surface area contributed by atoms with E-state index in [-0.39, 0.29) is 216 Å².